The third-order valence-corrected chi connectivity index (χ3v) is 4.62. The summed E-state index contributed by atoms with van der Waals surface area (Å²) in [6.07, 6.45) is 1.70. The Hall–Kier alpha value is -2.74. The van der Waals surface area contributed by atoms with Gasteiger partial charge in [-0.3, -0.25) is 0 Å². The van der Waals surface area contributed by atoms with Gasteiger partial charge in [0.2, 0.25) is 0 Å². The lowest BCUT2D eigenvalue weighted by molar-refractivity contribution is 0.424. The van der Waals surface area contributed by atoms with E-state index >= 15 is 0 Å². The largest absolute Gasteiger partial charge is 0.508 e. The first-order valence-corrected chi connectivity index (χ1v) is 8.32. The minimum Gasteiger partial charge on any atom is -0.508 e. The number of phenolic OH excluding ortho intramolecular Hbond substituents is 2. The highest BCUT2D eigenvalue weighted by Crippen LogP contribution is 2.48. The Morgan fingerprint density at radius 2 is 1.12 bits per heavy atom. The zero-order valence-corrected chi connectivity index (χ0v) is 13.8. The Kier molecular flexibility index (Phi) is 4.57. The zero-order valence-electron chi connectivity index (χ0n) is 13.8. The normalized spacial score (nSPS) is 11.4. The summed E-state index contributed by atoms with van der Waals surface area (Å²) in [5, 5.41) is 21.2. The number of benzene rings is 3. The molecule has 0 saturated carbocycles. The molecule has 0 saturated heterocycles. The van der Waals surface area contributed by atoms with Gasteiger partial charge in [-0.05, 0) is 24.1 Å². The lowest BCUT2D eigenvalue weighted by atomic mass is 9.66. The minimum absolute atomic E-state index is 0.248. The van der Waals surface area contributed by atoms with Crippen LogP contribution >= 0.6 is 0 Å². The first-order valence-electron chi connectivity index (χ1n) is 8.32. The summed E-state index contributed by atoms with van der Waals surface area (Å²) < 4.78 is 0. The van der Waals surface area contributed by atoms with E-state index < -0.39 is 5.41 Å². The Balaban J connectivity index is 2.39. The van der Waals surface area contributed by atoms with Gasteiger partial charge in [0, 0.05) is 11.1 Å². The van der Waals surface area contributed by atoms with Crippen molar-refractivity contribution in [1.29, 1.82) is 0 Å². The van der Waals surface area contributed by atoms with Gasteiger partial charge in [0.15, 0.2) is 0 Å². The molecule has 2 N–H and O–H groups in total. The molecule has 0 radical (unpaired) electrons. The van der Waals surface area contributed by atoms with Crippen LogP contribution in [0.4, 0.5) is 0 Å². The molecule has 0 amide bonds. The molecule has 0 aliphatic heterocycles. The number of hydrogen-bond donors (Lipinski definition) is 2. The molecule has 2 heteroatoms. The topological polar surface area (TPSA) is 40.5 Å². The van der Waals surface area contributed by atoms with Crippen LogP contribution in [0.3, 0.4) is 0 Å². The van der Waals surface area contributed by atoms with Crippen LogP contribution in [0, 0.1) is 0 Å². The lowest BCUT2D eigenvalue weighted by Gasteiger charge is -2.36. The predicted molar refractivity (Wildman–Crippen MR) is 97.4 cm³/mol. The number of para-hydroxylation sites is 2. The van der Waals surface area contributed by atoms with Crippen molar-refractivity contribution in [2.75, 3.05) is 0 Å². The number of phenols is 2. The van der Waals surface area contributed by atoms with Gasteiger partial charge in [-0.1, -0.05) is 80.1 Å². The van der Waals surface area contributed by atoms with Gasteiger partial charge in [0.25, 0.3) is 0 Å². The van der Waals surface area contributed by atoms with Gasteiger partial charge < -0.3 is 10.2 Å². The molecule has 2 nitrogen and oxygen atoms in total. The van der Waals surface area contributed by atoms with Crippen molar-refractivity contribution in [3.63, 3.8) is 0 Å². The molecular weight excluding hydrogens is 296 g/mol. The second-order valence-electron chi connectivity index (χ2n) is 6.06. The molecule has 0 aliphatic carbocycles. The third-order valence-electron chi connectivity index (χ3n) is 4.62. The maximum absolute atomic E-state index is 10.6. The van der Waals surface area contributed by atoms with E-state index in [1.807, 2.05) is 54.6 Å². The van der Waals surface area contributed by atoms with Crippen LogP contribution in [0.25, 0.3) is 0 Å². The highest BCUT2D eigenvalue weighted by molar-refractivity contribution is 5.58. The zero-order chi connectivity index (χ0) is 17.0. The number of hydrogen-bond acceptors (Lipinski definition) is 2. The first-order chi connectivity index (χ1) is 11.7. The molecule has 24 heavy (non-hydrogen) atoms. The number of rotatable bonds is 5. The second kappa shape index (κ2) is 6.79. The maximum Gasteiger partial charge on any atom is 0.120 e. The Morgan fingerprint density at radius 3 is 1.58 bits per heavy atom. The molecule has 3 rings (SSSR count). The van der Waals surface area contributed by atoms with E-state index in [2.05, 4.69) is 19.1 Å². The SMILES string of the molecule is CCCC(c1ccccc1)(c1ccccc1O)c1ccccc1O. The summed E-state index contributed by atoms with van der Waals surface area (Å²) in [7, 11) is 0. The molecule has 3 aromatic rings. The van der Waals surface area contributed by atoms with E-state index in [4.69, 9.17) is 0 Å². The molecule has 0 atom stereocenters. The summed E-state index contributed by atoms with van der Waals surface area (Å²) in [6, 6.07) is 24.9. The molecule has 0 heterocycles. The van der Waals surface area contributed by atoms with Crippen molar-refractivity contribution in [3.05, 3.63) is 95.6 Å². The fourth-order valence-corrected chi connectivity index (χ4v) is 3.64. The van der Waals surface area contributed by atoms with Gasteiger partial charge >= 0.3 is 0 Å². The van der Waals surface area contributed by atoms with E-state index in [-0.39, 0.29) is 11.5 Å². The molecule has 0 bridgehead atoms. The molecular formula is C22H22O2. The molecule has 0 fully saturated rings. The van der Waals surface area contributed by atoms with Gasteiger partial charge in [-0.25, -0.2) is 0 Å². The molecule has 0 unspecified atom stereocenters. The molecule has 0 aliphatic rings. The van der Waals surface area contributed by atoms with Crippen molar-refractivity contribution in [2.45, 2.75) is 25.2 Å². The van der Waals surface area contributed by atoms with Gasteiger partial charge in [-0.15, -0.1) is 0 Å². The van der Waals surface area contributed by atoms with Crippen molar-refractivity contribution in [1.82, 2.24) is 0 Å². The van der Waals surface area contributed by atoms with E-state index in [1.54, 1.807) is 12.1 Å². The molecule has 0 aromatic heterocycles. The smallest absolute Gasteiger partial charge is 0.120 e. The summed E-state index contributed by atoms with van der Waals surface area (Å²) in [4.78, 5) is 0. The van der Waals surface area contributed by atoms with Gasteiger partial charge in [0.1, 0.15) is 11.5 Å². The average molecular weight is 318 g/mol. The fraction of sp³-hybridized carbons (Fsp3) is 0.182. The lowest BCUT2D eigenvalue weighted by Crippen LogP contribution is -2.29. The number of aromatic hydroxyl groups is 2. The van der Waals surface area contributed by atoms with Crippen molar-refractivity contribution in [3.8, 4) is 11.5 Å². The third kappa shape index (κ3) is 2.65. The van der Waals surface area contributed by atoms with Crippen LogP contribution in [-0.2, 0) is 5.41 Å². The van der Waals surface area contributed by atoms with Crippen LogP contribution in [0.5, 0.6) is 11.5 Å². The average Bonchev–Trinajstić information content (AvgIpc) is 2.62. The Labute approximate surface area is 143 Å². The Bertz CT molecular complexity index is 763. The fourth-order valence-electron chi connectivity index (χ4n) is 3.64. The van der Waals surface area contributed by atoms with Crippen LogP contribution < -0.4 is 0 Å². The Morgan fingerprint density at radius 1 is 0.667 bits per heavy atom. The van der Waals surface area contributed by atoms with Crippen LogP contribution in [-0.4, -0.2) is 10.2 Å². The molecule has 3 aromatic carbocycles. The van der Waals surface area contributed by atoms with Crippen LogP contribution in [0.15, 0.2) is 78.9 Å². The van der Waals surface area contributed by atoms with E-state index in [0.29, 0.717) is 0 Å². The first kappa shape index (κ1) is 16.1. The second-order valence-corrected chi connectivity index (χ2v) is 6.06. The van der Waals surface area contributed by atoms with Gasteiger partial charge in [0.05, 0.1) is 5.41 Å². The molecule has 122 valence electrons. The monoisotopic (exact) mass is 318 g/mol. The van der Waals surface area contributed by atoms with E-state index in [0.717, 1.165) is 29.5 Å². The predicted octanol–water partition coefficient (Wildman–Crippen LogP) is 5.23. The summed E-state index contributed by atoms with van der Waals surface area (Å²) in [5.41, 5.74) is 2.11. The minimum atomic E-state index is -0.591. The van der Waals surface area contributed by atoms with Crippen LogP contribution in [0.1, 0.15) is 36.5 Å². The summed E-state index contributed by atoms with van der Waals surface area (Å²) in [6.45, 7) is 2.12. The summed E-state index contributed by atoms with van der Waals surface area (Å²) in [5.74, 6) is 0.496. The van der Waals surface area contributed by atoms with E-state index in [9.17, 15) is 10.2 Å². The molecule has 0 spiro atoms. The quantitative estimate of drug-likeness (QED) is 0.632. The maximum atomic E-state index is 10.6. The van der Waals surface area contributed by atoms with Gasteiger partial charge in [-0.2, -0.15) is 0 Å². The highest BCUT2D eigenvalue weighted by Gasteiger charge is 2.39. The van der Waals surface area contributed by atoms with E-state index in [1.165, 1.54) is 0 Å². The highest BCUT2D eigenvalue weighted by atomic mass is 16.3. The van der Waals surface area contributed by atoms with Crippen molar-refractivity contribution in [2.24, 2.45) is 0 Å². The standard InChI is InChI=1S/C22H22O2/c1-2-16-22(17-10-4-3-5-11-17,18-12-6-8-14-20(18)23)19-13-7-9-15-21(19)24/h3-15,23-24H,2,16H2,1H3. The van der Waals surface area contributed by atoms with Crippen molar-refractivity contribution >= 4 is 0 Å². The van der Waals surface area contributed by atoms with Crippen LogP contribution in [0.2, 0.25) is 0 Å². The van der Waals surface area contributed by atoms with Crippen molar-refractivity contribution < 1.29 is 10.2 Å². The summed E-state index contributed by atoms with van der Waals surface area (Å²) >= 11 is 0.